The van der Waals surface area contributed by atoms with Crippen LogP contribution in [0.25, 0.3) is 0 Å². The van der Waals surface area contributed by atoms with Crippen molar-refractivity contribution in [2.45, 2.75) is 33.2 Å². The highest BCUT2D eigenvalue weighted by Gasteiger charge is 2.13. The van der Waals surface area contributed by atoms with E-state index < -0.39 is 0 Å². The fourth-order valence-corrected chi connectivity index (χ4v) is 2.93. The van der Waals surface area contributed by atoms with Crippen molar-refractivity contribution in [3.8, 4) is 0 Å². The molecule has 138 valence electrons. The van der Waals surface area contributed by atoms with Gasteiger partial charge in [0.15, 0.2) is 0 Å². The summed E-state index contributed by atoms with van der Waals surface area (Å²) in [7, 11) is 0. The SMILES string of the molecule is CCc1cccc(CC)c1NC(=O)c1ccnc(NCc2ccccc2)n1. The van der Waals surface area contributed by atoms with Gasteiger partial charge in [-0.1, -0.05) is 62.4 Å². The first-order chi connectivity index (χ1) is 13.2. The maximum Gasteiger partial charge on any atom is 0.274 e. The molecule has 3 aromatic rings. The molecule has 0 aliphatic heterocycles. The zero-order chi connectivity index (χ0) is 19.1. The molecule has 0 spiro atoms. The molecule has 1 aromatic heterocycles. The highest BCUT2D eigenvalue weighted by atomic mass is 16.1. The third-order valence-electron chi connectivity index (χ3n) is 4.42. The monoisotopic (exact) mass is 360 g/mol. The summed E-state index contributed by atoms with van der Waals surface area (Å²) in [6, 6.07) is 17.7. The second kappa shape index (κ2) is 8.94. The molecule has 0 saturated heterocycles. The van der Waals surface area contributed by atoms with Crippen LogP contribution in [0.1, 0.15) is 41.0 Å². The number of rotatable bonds is 7. The minimum Gasteiger partial charge on any atom is -0.350 e. The number of hydrogen-bond donors (Lipinski definition) is 2. The van der Waals surface area contributed by atoms with Crippen LogP contribution in [0.3, 0.4) is 0 Å². The second-order valence-electron chi connectivity index (χ2n) is 6.22. The fraction of sp³-hybridized carbons (Fsp3) is 0.227. The summed E-state index contributed by atoms with van der Waals surface area (Å²) in [5.41, 5.74) is 4.61. The van der Waals surface area contributed by atoms with Gasteiger partial charge in [-0.15, -0.1) is 0 Å². The summed E-state index contributed by atoms with van der Waals surface area (Å²) in [6.07, 6.45) is 3.32. The molecule has 3 rings (SSSR count). The molecule has 0 saturated carbocycles. The Labute approximate surface area is 159 Å². The first kappa shape index (κ1) is 18.6. The minimum absolute atomic E-state index is 0.226. The minimum atomic E-state index is -0.226. The molecular weight excluding hydrogens is 336 g/mol. The third-order valence-corrected chi connectivity index (χ3v) is 4.42. The average Bonchev–Trinajstić information content (AvgIpc) is 2.73. The van der Waals surface area contributed by atoms with Crippen molar-refractivity contribution in [1.82, 2.24) is 9.97 Å². The Morgan fingerprint density at radius 3 is 2.30 bits per heavy atom. The van der Waals surface area contributed by atoms with Gasteiger partial charge in [0.05, 0.1) is 0 Å². The van der Waals surface area contributed by atoms with Gasteiger partial charge in [-0.3, -0.25) is 4.79 Å². The average molecular weight is 360 g/mol. The molecule has 0 atom stereocenters. The molecule has 0 radical (unpaired) electrons. The molecule has 27 heavy (non-hydrogen) atoms. The van der Waals surface area contributed by atoms with Gasteiger partial charge in [-0.05, 0) is 35.6 Å². The Balaban J connectivity index is 1.74. The topological polar surface area (TPSA) is 66.9 Å². The van der Waals surface area contributed by atoms with Gasteiger partial charge in [-0.2, -0.15) is 0 Å². The summed E-state index contributed by atoms with van der Waals surface area (Å²) < 4.78 is 0. The molecule has 2 N–H and O–H groups in total. The lowest BCUT2D eigenvalue weighted by molar-refractivity contribution is 0.102. The number of hydrogen-bond acceptors (Lipinski definition) is 4. The van der Waals surface area contributed by atoms with Gasteiger partial charge in [0, 0.05) is 18.4 Å². The predicted molar refractivity (Wildman–Crippen MR) is 109 cm³/mol. The number of carbonyl (C=O) groups is 1. The van der Waals surface area contributed by atoms with Crippen LogP contribution in [0.5, 0.6) is 0 Å². The van der Waals surface area contributed by atoms with Gasteiger partial charge >= 0.3 is 0 Å². The molecule has 2 aromatic carbocycles. The number of aryl methyl sites for hydroxylation is 2. The Hall–Kier alpha value is -3.21. The van der Waals surface area contributed by atoms with Gasteiger partial charge < -0.3 is 10.6 Å². The lowest BCUT2D eigenvalue weighted by Gasteiger charge is -2.14. The molecule has 0 aliphatic carbocycles. The Kier molecular flexibility index (Phi) is 6.15. The maximum absolute atomic E-state index is 12.7. The maximum atomic E-state index is 12.7. The molecular formula is C22H24N4O. The molecule has 0 bridgehead atoms. The molecule has 0 unspecified atom stereocenters. The van der Waals surface area contributed by atoms with Gasteiger partial charge in [-0.25, -0.2) is 9.97 Å². The lowest BCUT2D eigenvalue weighted by Crippen LogP contribution is -2.17. The van der Waals surface area contributed by atoms with Crippen LogP contribution >= 0.6 is 0 Å². The van der Waals surface area contributed by atoms with E-state index in [1.807, 2.05) is 48.5 Å². The fourth-order valence-electron chi connectivity index (χ4n) is 2.93. The van der Waals surface area contributed by atoms with Crippen LogP contribution < -0.4 is 10.6 Å². The summed E-state index contributed by atoms with van der Waals surface area (Å²) in [5.74, 6) is 0.210. The number of para-hydroxylation sites is 1. The van der Waals surface area contributed by atoms with Crippen molar-refractivity contribution < 1.29 is 4.79 Å². The van der Waals surface area contributed by atoms with E-state index in [9.17, 15) is 4.79 Å². The molecule has 0 aliphatic rings. The Morgan fingerprint density at radius 1 is 0.926 bits per heavy atom. The molecule has 5 nitrogen and oxygen atoms in total. The number of carbonyl (C=O) groups excluding carboxylic acids is 1. The summed E-state index contributed by atoms with van der Waals surface area (Å²) in [5, 5.41) is 6.20. The smallest absolute Gasteiger partial charge is 0.274 e. The van der Waals surface area contributed by atoms with E-state index >= 15 is 0 Å². The number of anilines is 2. The van der Waals surface area contributed by atoms with Crippen molar-refractivity contribution in [3.05, 3.63) is 83.2 Å². The lowest BCUT2D eigenvalue weighted by atomic mass is 10.0. The van der Waals surface area contributed by atoms with Gasteiger partial charge in [0.2, 0.25) is 5.95 Å². The van der Waals surface area contributed by atoms with Crippen LogP contribution in [0.15, 0.2) is 60.8 Å². The third kappa shape index (κ3) is 4.70. The van der Waals surface area contributed by atoms with E-state index in [0.29, 0.717) is 18.2 Å². The van der Waals surface area contributed by atoms with E-state index in [0.717, 1.165) is 35.2 Å². The normalized spacial score (nSPS) is 10.4. The zero-order valence-electron chi connectivity index (χ0n) is 15.7. The number of nitrogens with one attached hydrogen (secondary N) is 2. The highest BCUT2D eigenvalue weighted by Crippen LogP contribution is 2.23. The van der Waals surface area contributed by atoms with Crippen molar-refractivity contribution in [3.63, 3.8) is 0 Å². The van der Waals surface area contributed by atoms with E-state index in [4.69, 9.17) is 0 Å². The van der Waals surface area contributed by atoms with Crippen LogP contribution in [0.2, 0.25) is 0 Å². The van der Waals surface area contributed by atoms with E-state index in [-0.39, 0.29) is 5.91 Å². The predicted octanol–water partition coefficient (Wildman–Crippen LogP) is 4.47. The molecule has 1 amide bonds. The van der Waals surface area contributed by atoms with Gasteiger partial charge in [0.25, 0.3) is 5.91 Å². The Bertz CT molecular complexity index is 887. The van der Waals surface area contributed by atoms with Crippen LogP contribution in [-0.2, 0) is 19.4 Å². The molecule has 5 heteroatoms. The van der Waals surface area contributed by atoms with Crippen LogP contribution in [-0.4, -0.2) is 15.9 Å². The first-order valence-corrected chi connectivity index (χ1v) is 9.24. The van der Waals surface area contributed by atoms with Crippen molar-refractivity contribution >= 4 is 17.5 Å². The van der Waals surface area contributed by atoms with Crippen LogP contribution in [0, 0.1) is 0 Å². The molecule has 0 fully saturated rings. The van der Waals surface area contributed by atoms with Crippen LogP contribution in [0.4, 0.5) is 11.6 Å². The van der Waals surface area contributed by atoms with Crippen molar-refractivity contribution in [1.29, 1.82) is 0 Å². The number of aromatic nitrogens is 2. The van der Waals surface area contributed by atoms with Crippen molar-refractivity contribution in [2.75, 3.05) is 10.6 Å². The quantitative estimate of drug-likeness (QED) is 0.652. The largest absolute Gasteiger partial charge is 0.350 e. The van der Waals surface area contributed by atoms with E-state index in [1.54, 1.807) is 12.3 Å². The Morgan fingerprint density at radius 2 is 1.63 bits per heavy atom. The molecule has 1 heterocycles. The first-order valence-electron chi connectivity index (χ1n) is 9.24. The van der Waals surface area contributed by atoms with E-state index in [1.165, 1.54) is 0 Å². The van der Waals surface area contributed by atoms with E-state index in [2.05, 4.69) is 34.4 Å². The summed E-state index contributed by atoms with van der Waals surface area (Å²) >= 11 is 0. The zero-order valence-corrected chi connectivity index (χ0v) is 15.7. The summed E-state index contributed by atoms with van der Waals surface area (Å²) in [6.45, 7) is 4.77. The second-order valence-corrected chi connectivity index (χ2v) is 6.22. The number of nitrogens with zero attached hydrogens (tertiary/aromatic N) is 2. The number of benzene rings is 2. The number of amides is 1. The summed E-state index contributed by atoms with van der Waals surface area (Å²) in [4.78, 5) is 21.3. The van der Waals surface area contributed by atoms with Crippen molar-refractivity contribution in [2.24, 2.45) is 0 Å². The van der Waals surface area contributed by atoms with Gasteiger partial charge in [0.1, 0.15) is 5.69 Å². The highest BCUT2D eigenvalue weighted by molar-refractivity contribution is 6.03. The standard InChI is InChI=1S/C22H24N4O/c1-3-17-11-8-12-18(4-2)20(17)26-21(27)19-13-14-23-22(25-19)24-15-16-9-6-5-7-10-16/h5-14H,3-4,15H2,1-2H3,(H,26,27)(H,23,24,25).